The van der Waals surface area contributed by atoms with Gasteiger partial charge in [-0.1, -0.05) is 97.1 Å². The topological polar surface area (TPSA) is 46.9 Å². The maximum atomic E-state index is 11.2. The van der Waals surface area contributed by atoms with Gasteiger partial charge in [0.05, 0.1) is 11.1 Å². The third kappa shape index (κ3) is 4.99. The molecule has 0 atom stereocenters. The normalized spacial score (nSPS) is 12.5. The zero-order valence-corrected chi connectivity index (χ0v) is 24.0. The molecule has 1 aliphatic carbocycles. The third-order valence-electron chi connectivity index (χ3n) is 7.83. The van der Waals surface area contributed by atoms with Gasteiger partial charge in [0.25, 0.3) is 0 Å². The Balaban J connectivity index is 1.16. The Hall–Kier alpha value is -6.00. The van der Waals surface area contributed by atoms with Crippen LogP contribution in [0.4, 0.5) is 34.1 Å². The Bertz CT molecular complexity index is 1700. The number of para-hydroxylation sites is 4. The predicted octanol–water partition coefficient (Wildman–Crippen LogP) is 10.9. The van der Waals surface area contributed by atoms with Gasteiger partial charge >= 0.3 is 0 Å². The Morgan fingerprint density at radius 3 is 0.750 bits per heavy atom. The van der Waals surface area contributed by atoms with Crippen LogP contribution >= 0.6 is 0 Å². The summed E-state index contributed by atoms with van der Waals surface area (Å²) in [5, 5.41) is 22.3. The summed E-state index contributed by atoms with van der Waals surface area (Å²) in [5.74, 6) is 0.183. The number of benzene rings is 6. The zero-order valence-electron chi connectivity index (χ0n) is 24.0. The van der Waals surface area contributed by atoms with Gasteiger partial charge in [-0.15, -0.1) is 0 Å². The molecular weight excluding hydrogens is 540 g/mol. The number of hydrogen-bond donors (Lipinski definition) is 2. The SMILES string of the molecule is OC1=C(c2ccc(N(c3ccccc3)c3ccccc3)cc2)C(O)=C1c1ccc(N(c2ccccc2)c2ccccc2)cc1. The number of nitrogens with zero attached hydrogens (tertiary/aromatic N) is 2. The highest BCUT2D eigenvalue weighted by Gasteiger charge is 2.31. The van der Waals surface area contributed by atoms with Crippen LogP contribution in [0.2, 0.25) is 0 Å². The lowest BCUT2D eigenvalue weighted by Crippen LogP contribution is -2.12. The molecule has 4 heteroatoms. The second kappa shape index (κ2) is 11.7. The molecule has 0 fully saturated rings. The zero-order chi connectivity index (χ0) is 29.9. The molecule has 0 bridgehead atoms. The second-order valence-corrected chi connectivity index (χ2v) is 10.6. The molecule has 0 spiro atoms. The molecule has 6 aromatic carbocycles. The van der Waals surface area contributed by atoms with E-state index in [-0.39, 0.29) is 11.5 Å². The molecule has 0 aromatic heterocycles. The Morgan fingerprint density at radius 1 is 0.273 bits per heavy atom. The molecule has 6 aromatic rings. The minimum atomic E-state index is 0.0916. The number of aliphatic hydroxyl groups is 2. The highest BCUT2D eigenvalue weighted by atomic mass is 16.3. The summed E-state index contributed by atoms with van der Waals surface area (Å²) in [5.41, 5.74) is 8.56. The minimum absolute atomic E-state index is 0.0916. The molecule has 212 valence electrons. The Morgan fingerprint density at radius 2 is 0.500 bits per heavy atom. The van der Waals surface area contributed by atoms with Crippen LogP contribution in [0.15, 0.2) is 181 Å². The van der Waals surface area contributed by atoms with Crippen LogP contribution in [0.25, 0.3) is 11.1 Å². The van der Waals surface area contributed by atoms with Gasteiger partial charge in [-0.25, -0.2) is 0 Å². The molecule has 0 heterocycles. The minimum Gasteiger partial charge on any atom is -0.506 e. The molecule has 0 amide bonds. The number of rotatable bonds is 8. The lowest BCUT2D eigenvalue weighted by atomic mass is 9.84. The van der Waals surface area contributed by atoms with Crippen LogP contribution in [-0.2, 0) is 0 Å². The summed E-state index contributed by atoms with van der Waals surface area (Å²) < 4.78 is 0. The van der Waals surface area contributed by atoms with E-state index in [9.17, 15) is 10.2 Å². The van der Waals surface area contributed by atoms with Gasteiger partial charge in [0, 0.05) is 34.1 Å². The van der Waals surface area contributed by atoms with E-state index in [4.69, 9.17) is 0 Å². The first-order valence-electron chi connectivity index (χ1n) is 14.6. The van der Waals surface area contributed by atoms with Crippen molar-refractivity contribution in [3.05, 3.63) is 193 Å². The van der Waals surface area contributed by atoms with Crippen molar-refractivity contribution in [2.45, 2.75) is 0 Å². The summed E-state index contributed by atoms with van der Waals surface area (Å²) >= 11 is 0. The lowest BCUT2D eigenvalue weighted by molar-refractivity contribution is 0.390. The Kier molecular flexibility index (Phi) is 7.15. The average Bonchev–Trinajstić information content (AvgIpc) is 3.09. The fourth-order valence-corrected chi connectivity index (χ4v) is 5.72. The van der Waals surface area contributed by atoms with Crippen LogP contribution in [0, 0.1) is 0 Å². The lowest BCUT2D eigenvalue weighted by Gasteiger charge is -2.28. The predicted molar refractivity (Wildman–Crippen MR) is 181 cm³/mol. The van der Waals surface area contributed by atoms with E-state index in [0.717, 1.165) is 45.3 Å². The third-order valence-corrected chi connectivity index (χ3v) is 7.83. The van der Waals surface area contributed by atoms with Crippen molar-refractivity contribution in [1.82, 2.24) is 0 Å². The number of aliphatic hydroxyl groups excluding tert-OH is 2. The van der Waals surface area contributed by atoms with Gasteiger partial charge in [0.1, 0.15) is 11.5 Å². The standard InChI is InChI=1S/C40H30N2O2/c43-39-37(29-21-25-35(26-22-29)41(31-13-5-1-6-14-31)32-15-7-2-8-16-32)40(44)38(39)30-23-27-36(28-24-30)42(33-17-9-3-10-18-33)34-19-11-4-12-20-34/h1-28,43-44H. The summed E-state index contributed by atoms with van der Waals surface area (Å²) in [6.07, 6.45) is 0. The maximum absolute atomic E-state index is 11.2. The van der Waals surface area contributed by atoms with Crippen molar-refractivity contribution in [2.75, 3.05) is 9.80 Å². The molecule has 1 aliphatic rings. The van der Waals surface area contributed by atoms with Gasteiger partial charge < -0.3 is 20.0 Å². The van der Waals surface area contributed by atoms with Crippen LogP contribution in [0.3, 0.4) is 0 Å². The first kappa shape index (κ1) is 26.9. The monoisotopic (exact) mass is 570 g/mol. The molecule has 0 unspecified atom stereocenters. The molecule has 0 aliphatic heterocycles. The van der Waals surface area contributed by atoms with E-state index in [1.54, 1.807) is 0 Å². The Labute approximate surface area is 257 Å². The smallest absolute Gasteiger partial charge is 0.138 e. The van der Waals surface area contributed by atoms with Crippen molar-refractivity contribution in [3.63, 3.8) is 0 Å². The number of allylic oxidation sites excluding steroid dienone is 2. The van der Waals surface area contributed by atoms with E-state index in [1.165, 1.54) is 0 Å². The maximum Gasteiger partial charge on any atom is 0.138 e. The molecule has 44 heavy (non-hydrogen) atoms. The van der Waals surface area contributed by atoms with E-state index >= 15 is 0 Å². The fourth-order valence-electron chi connectivity index (χ4n) is 5.72. The van der Waals surface area contributed by atoms with E-state index in [2.05, 4.69) is 58.3 Å². The molecular formula is C40H30N2O2. The average molecular weight is 571 g/mol. The quantitative estimate of drug-likeness (QED) is 0.191. The first-order valence-corrected chi connectivity index (χ1v) is 14.6. The van der Waals surface area contributed by atoms with Crippen LogP contribution < -0.4 is 9.80 Å². The number of hydrogen-bond acceptors (Lipinski definition) is 4. The van der Waals surface area contributed by atoms with Gasteiger partial charge in [-0.05, 0) is 83.9 Å². The van der Waals surface area contributed by atoms with Crippen LogP contribution in [0.5, 0.6) is 0 Å². The van der Waals surface area contributed by atoms with Crippen molar-refractivity contribution in [2.24, 2.45) is 0 Å². The van der Waals surface area contributed by atoms with Gasteiger partial charge in [-0.3, -0.25) is 0 Å². The molecule has 0 saturated heterocycles. The molecule has 7 rings (SSSR count). The van der Waals surface area contributed by atoms with Gasteiger partial charge in [0.2, 0.25) is 0 Å². The summed E-state index contributed by atoms with van der Waals surface area (Å²) in [6, 6.07) is 56.6. The van der Waals surface area contributed by atoms with Crippen molar-refractivity contribution in [1.29, 1.82) is 0 Å². The van der Waals surface area contributed by atoms with E-state index in [1.807, 2.05) is 121 Å². The van der Waals surface area contributed by atoms with E-state index < -0.39 is 0 Å². The fraction of sp³-hybridized carbons (Fsp3) is 0. The first-order chi connectivity index (χ1) is 21.7. The van der Waals surface area contributed by atoms with Crippen LogP contribution in [0.1, 0.15) is 11.1 Å². The largest absolute Gasteiger partial charge is 0.506 e. The van der Waals surface area contributed by atoms with Gasteiger partial charge in [0.15, 0.2) is 0 Å². The van der Waals surface area contributed by atoms with Crippen molar-refractivity contribution >= 4 is 45.3 Å². The molecule has 4 nitrogen and oxygen atoms in total. The second-order valence-electron chi connectivity index (χ2n) is 10.6. The summed E-state index contributed by atoms with van der Waals surface area (Å²) in [7, 11) is 0. The summed E-state index contributed by atoms with van der Waals surface area (Å²) in [4.78, 5) is 4.35. The molecule has 0 saturated carbocycles. The molecule has 0 radical (unpaired) electrons. The molecule has 2 N–H and O–H groups in total. The van der Waals surface area contributed by atoms with Gasteiger partial charge in [-0.2, -0.15) is 0 Å². The highest BCUT2D eigenvalue weighted by molar-refractivity contribution is 6.06. The van der Waals surface area contributed by atoms with Crippen molar-refractivity contribution in [3.8, 4) is 0 Å². The summed E-state index contributed by atoms with van der Waals surface area (Å²) in [6.45, 7) is 0. The number of anilines is 6. The van der Waals surface area contributed by atoms with E-state index in [0.29, 0.717) is 11.1 Å². The highest BCUT2D eigenvalue weighted by Crippen LogP contribution is 2.46. The van der Waals surface area contributed by atoms with Crippen LogP contribution in [-0.4, -0.2) is 10.2 Å². The van der Waals surface area contributed by atoms with Crippen molar-refractivity contribution < 1.29 is 10.2 Å².